The standard InChI is InChI=1S/C24H42NO2.2C5H10.C3H7O.2C2H6.4CH3.2Fe.W/c1-2-25(13-3-15-26-19-23-9-5-21(17-23)6-10-23)14-4-16-27-20-24-11-7-22(18-24)8-12-24;2*1-2-4-5-3-1;1-2-3-4;2*1-2;;;;;;;/h21-22H,1-20H2;2*1-5H2;4H,1-3H2;2*1-2H3;4*1H3;;;/q-1;;;-1;;;4*-1;3*+2. The molecule has 318 valence electrons. The molecule has 0 saturated heterocycles. The van der Waals surface area contributed by atoms with E-state index in [0.717, 1.165) is 70.7 Å². The van der Waals surface area contributed by atoms with Crippen molar-refractivity contribution in [1.82, 2.24) is 4.90 Å². The summed E-state index contributed by atoms with van der Waals surface area (Å²) < 4.78 is 12.2. The van der Waals surface area contributed by atoms with Crippen LogP contribution in [0, 0.1) is 66.2 Å². The first kappa shape index (κ1) is 68.3. The van der Waals surface area contributed by atoms with Crippen LogP contribution in [0.2, 0.25) is 0 Å². The van der Waals surface area contributed by atoms with E-state index in [4.69, 9.17) is 14.6 Å². The van der Waals surface area contributed by atoms with Crippen LogP contribution in [0.3, 0.4) is 0 Å². The first-order chi connectivity index (χ1) is 22.1. The van der Waals surface area contributed by atoms with Crippen molar-refractivity contribution in [3.05, 3.63) is 43.6 Å². The van der Waals surface area contributed by atoms with Crippen LogP contribution in [0.1, 0.15) is 175 Å². The molecule has 1 N–H and O–H groups in total. The Morgan fingerprint density at radius 3 is 1.04 bits per heavy atom. The SMILES string of the molecule is C1CCCC1.C1CCCC1.CC.CC.[CH2-]CCO.[CH2-]CN(CCCOCC12CCC(CC1)C2)CCCOCC12CCC(CC1)C2.[CH3-].[CH3-].[CH3-].[CH3-].[Fe+2].[Fe+2].[W+2]. The molecule has 52 heavy (non-hydrogen) atoms. The van der Waals surface area contributed by atoms with Gasteiger partial charge in [0.2, 0.25) is 0 Å². The summed E-state index contributed by atoms with van der Waals surface area (Å²) in [4.78, 5) is 2.46. The minimum atomic E-state index is 0. The van der Waals surface area contributed by atoms with Gasteiger partial charge in [-0.05, 0) is 113 Å². The molecule has 0 aromatic rings. The normalized spacial score (nSPS) is 24.7. The predicted molar refractivity (Wildman–Crippen MR) is 222 cm³/mol. The largest absolute Gasteiger partial charge is 2.00 e. The van der Waals surface area contributed by atoms with Crippen molar-refractivity contribution < 1.29 is 69.8 Å². The molecule has 6 fully saturated rings. The summed E-state index contributed by atoms with van der Waals surface area (Å²) in [5.74, 6) is 2.06. The van der Waals surface area contributed by atoms with Crippen LogP contribution >= 0.6 is 0 Å². The van der Waals surface area contributed by atoms with E-state index in [0.29, 0.717) is 17.3 Å². The second-order valence-electron chi connectivity index (χ2n) is 14.6. The van der Waals surface area contributed by atoms with E-state index in [-0.39, 0.29) is 91.5 Å². The number of hydrogen-bond acceptors (Lipinski definition) is 4. The zero-order chi connectivity index (χ0) is 33.1. The van der Waals surface area contributed by atoms with Gasteiger partial charge in [0.05, 0.1) is 13.2 Å². The summed E-state index contributed by atoms with van der Waals surface area (Å²) >= 11 is 0. The number of nitrogens with zero attached hydrogens (tertiary/aromatic N) is 1. The molecular formula is C45H93Fe2NO3W. The summed E-state index contributed by atoms with van der Waals surface area (Å²) in [6.45, 7) is 22.7. The molecule has 0 aromatic heterocycles. The summed E-state index contributed by atoms with van der Waals surface area (Å²) in [6, 6.07) is 0. The fourth-order valence-corrected chi connectivity index (χ4v) is 8.49. The van der Waals surface area contributed by atoms with E-state index >= 15 is 0 Å². The first-order valence-corrected chi connectivity index (χ1v) is 20.2. The molecule has 0 unspecified atom stereocenters. The average molecular weight is 992 g/mol. The zero-order valence-corrected chi connectivity index (χ0v) is 41.5. The molecule has 0 radical (unpaired) electrons. The number of aliphatic hydroxyl groups is 1. The monoisotopic (exact) mass is 992 g/mol. The van der Waals surface area contributed by atoms with Gasteiger partial charge in [0.15, 0.2) is 0 Å². The topological polar surface area (TPSA) is 41.9 Å². The molecule has 6 aliphatic rings. The van der Waals surface area contributed by atoms with Crippen LogP contribution in [-0.4, -0.2) is 62.7 Å². The van der Waals surface area contributed by atoms with Crippen LogP contribution in [0.4, 0.5) is 0 Å². The molecule has 6 aliphatic carbocycles. The van der Waals surface area contributed by atoms with Gasteiger partial charge in [0, 0.05) is 19.8 Å². The molecular weight excluding hydrogens is 898 g/mol. The molecule has 0 spiro atoms. The van der Waals surface area contributed by atoms with Crippen LogP contribution in [0.25, 0.3) is 0 Å². The number of aliphatic hydroxyl groups excluding tert-OH is 1. The molecule has 0 aliphatic heterocycles. The average Bonchev–Trinajstić information content (AvgIpc) is 3.96. The number of ether oxygens (including phenoxy) is 2. The predicted octanol–water partition coefficient (Wildman–Crippen LogP) is 13.0. The second-order valence-corrected chi connectivity index (χ2v) is 14.6. The van der Waals surface area contributed by atoms with Crippen molar-refractivity contribution in [1.29, 1.82) is 0 Å². The summed E-state index contributed by atoms with van der Waals surface area (Å²) in [7, 11) is 0. The Bertz CT molecular complexity index is 569. The van der Waals surface area contributed by atoms with Crippen molar-refractivity contribution in [2.24, 2.45) is 22.7 Å². The van der Waals surface area contributed by atoms with Gasteiger partial charge in [0.25, 0.3) is 0 Å². The van der Waals surface area contributed by atoms with Crippen LogP contribution in [-0.2, 0) is 64.7 Å². The van der Waals surface area contributed by atoms with Crippen molar-refractivity contribution in [3.8, 4) is 0 Å². The van der Waals surface area contributed by atoms with Crippen molar-refractivity contribution in [3.63, 3.8) is 0 Å². The third kappa shape index (κ3) is 29.8. The maximum Gasteiger partial charge on any atom is 2.00 e. The fourth-order valence-electron chi connectivity index (χ4n) is 8.49. The van der Waals surface area contributed by atoms with E-state index in [9.17, 15) is 0 Å². The number of hydrogen-bond donors (Lipinski definition) is 1. The second kappa shape index (κ2) is 45.3. The van der Waals surface area contributed by atoms with Gasteiger partial charge in [-0.15, -0.1) is 6.54 Å². The van der Waals surface area contributed by atoms with Crippen molar-refractivity contribution in [2.45, 2.75) is 175 Å². The van der Waals surface area contributed by atoms with Gasteiger partial charge in [-0.1, -0.05) is 91.9 Å². The smallest absolute Gasteiger partial charge is 0.399 e. The van der Waals surface area contributed by atoms with E-state index < -0.39 is 0 Å². The quantitative estimate of drug-likeness (QED) is 0.107. The van der Waals surface area contributed by atoms with Gasteiger partial charge in [0.1, 0.15) is 0 Å². The fraction of sp³-hybridized carbons (Fsp3) is 0.867. The Morgan fingerprint density at radius 1 is 0.577 bits per heavy atom. The molecule has 4 bridgehead atoms. The van der Waals surface area contributed by atoms with Gasteiger partial charge < -0.3 is 63.0 Å². The van der Waals surface area contributed by atoms with Crippen molar-refractivity contribution in [2.75, 3.05) is 52.7 Å². The van der Waals surface area contributed by atoms with Crippen molar-refractivity contribution >= 4 is 0 Å². The van der Waals surface area contributed by atoms with E-state index in [2.05, 4.69) is 18.7 Å². The molecule has 0 aromatic carbocycles. The summed E-state index contributed by atoms with van der Waals surface area (Å²) in [6.07, 6.45) is 32.3. The molecule has 0 atom stereocenters. The Labute approximate surface area is 366 Å². The maximum atomic E-state index is 7.81. The molecule has 0 heterocycles. The molecule has 6 saturated carbocycles. The first-order valence-electron chi connectivity index (χ1n) is 20.2. The molecule has 4 nitrogen and oxygen atoms in total. The Balaban J connectivity index is -0.000000136. The van der Waals surface area contributed by atoms with Crippen LogP contribution in [0.15, 0.2) is 0 Å². The third-order valence-electron chi connectivity index (χ3n) is 11.1. The molecule has 0 amide bonds. The van der Waals surface area contributed by atoms with E-state index in [1.165, 1.54) is 128 Å². The molecule has 7 heteroatoms. The zero-order valence-electron chi connectivity index (χ0n) is 36.3. The minimum Gasteiger partial charge on any atom is -0.399 e. The minimum absolute atomic E-state index is 0. The van der Waals surface area contributed by atoms with Gasteiger partial charge in [-0.3, -0.25) is 0 Å². The summed E-state index contributed by atoms with van der Waals surface area (Å²) in [5.41, 5.74) is 1.15. The van der Waals surface area contributed by atoms with Crippen LogP contribution in [0.5, 0.6) is 0 Å². The number of rotatable bonds is 14. The van der Waals surface area contributed by atoms with Crippen LogP contribution < -0.4 is 0 Å². The number of fused-ring (bicyclic) bond motifs is 4. The van der Waals surface area contributed by atoms with Gasteiger partial charge in [-0.2, -0.15) is 6.42 Å². The summed E-state index contributed by atoms with van der Waals surface area (Å²) in [5, 5.41) is 7.81. The Morgan fingerprint density at radius 2 is 0.846 bits per heavy atom. The van der Waals surface area contributed by atoms with Gasteiger partial charge >= 0.3 is 55.2 Å². The Kier molecular flexibility index (Phi) is 59.4. The van der Waals surface area contributed by atoms with E-state index in [1.54, 1.807) is 0 Å². The van der Waals surface area contributed by atoms with Gasteiger partial charge in [-0.25, -0.2) is 0 Å². The third-order valence-corrected chi connectivity index (χ3v) is 11.1. The molecule has 6 rings (SSSR count). The van der Waals surface area contributed by atoms with E-state index in [1.807, 2.05) is 27.7 Å². The maximum absolute atomic E-state index is 7.81. The Hall–Kier alpha value is 1.57.